The van der Waals surface area contributed by atoms with Gasteiger partial charge in [0.15, 0.2) is 5.82 Å². The van der Waals surface area contributed by atoms with Gasteiger partial charge in [0.05, 0.1) is 6.54 Å². The number of hydrogen-bond donors (Lipinski definition) is 2. The molecule has 2 aromatic heterocycles. The quantitative estimate of drug-likeness (QED) is 0.772. The summed E-state index contributed by atoms with van der Waals surface area (Å²) in [7, 11) is -1.95. The van der Waals surface area contributed by atoms with Gasteiger partial charge in [-0.05, 0) is 18.6 Å². The first-order chi connectivity index (χ1) is 10.0. The molecule has 0 aliphatic carbocycles. The summed E-state index contributed by atoms with van der Waals surface area (Å²) >= 11 is 0. The summed E-state index contributed by atoms with van der Waals surface area (Å²) in [5.41, 5.74) is 0. The van der Waals surface area contributed by atoms with Crippen LogP contribution in [-0.2, 0) is 23.6 Å². The summed E-state index contributed by atoms with van der Waals surface area (Å²) in [6.45, 7) is 2.68. The highest BCUT2D eigenvalue weighted by Gasteiger charge is 2.19. The van der Waals surface area contributed by atoms with Crippen molar-refractivity contribution in [1.29, 1.82) is 0 Å². The molecular formula is C12H18N6O2S. The number of aryl methyl sites for hydroxylation is 1. The second-order valence-electron chi connectivity index (χ2n) is 4.44. The normalized spacial score (nSPS) is 11.5. The summed E-state index contributed by atoms with van der Waals surface area (Å²) in [5.74, 6) is 0.758. The number of aromatic nitrogens is 4. The molecule has 9 heteroatoms. The zero-order valence-electron chi connectivity index (χ0n) is 11.9. The van der Waals surface area contributed by atoms with Gasteiger partial charge in [-0.3, -0.25) is 4.68 Å². The van der Waals surface area contributed by atoms with E-state index in [1.807, 2.05) is 6.92 Å². The molecule has 0 fully saturated rings. The molecule has 0 amide bonds. The lowest BCUT2D eigenvalue weighted by molar-refractivity contribution is 0.578. The lowest BCUT2D eigenvalue weighted by atomic mass is 10.4. The fourth-order valence-electron chi connectivity index (χ4n) is 1.69. The van der Waals surface area contributed by atoms with E-state index in [9.17, 15) is 8.42 Å². The molecular weight excluding hydrogens is 292 g/mol. The number of pyridine rings is 1. The maximum Gasteiger partial charge on any atom is 0.244 e. The molecule has 2 N–H and O–H groups in total. The lowest BCUT2D eigenvalue weighted by Gasteiger charge is -2.10. The number of anilines is 1. The fraction of sp³-hybridized carbons (Fsp3) is 0.417. The Morgan fingerprint density at radius 2 is 2.14 bits per heavy atom. The molecule has 21 heavy (non-hydrogen) atoms. The Bertz CT molecular complexity index is 697. The molecule has 2 rings (SSSR count). The van der Waals surface area contributed by atoms with Gasteiger partial charge in [-0.2, -0.15) is 5.10 Å². The van der Waals surface area contributed by atoms with E-state index >= 15 is 0 Å². The van der Waals surface area contributed by atoms with Gasteiger partial charge in [-0.1, -0.05) is 6.92 Å². The van der Waals surface area contributed by atoms with Crippen molar-refractivity contribution >= 4 is 15.8 Å². The summed E-state index contributed by atoms with van der Waals surface area (Å²) in [4.78, 5) is 8.17. The second kappa shape index (κ2) is 6.64. The number of sulfonamides is 1. The highest BCUT2D eigenvalue weighted by Crippen LogP contribution is 2.17. The molecule has 0 aliphatic rings. The van der Waals surface area contributed by atoms with Crippen LogP contribution in [0.1, 0.15) is 19.2 Å². The Labute approximate surface area is 123 Å². The molecule has 0 aromatic carbocycles. The number of nitrogens with one attached hydrogen (secondary N) is 2. The molecule has 114 valence electrons. The maximum absolute atomic E-state index is 12.3. The topological polar surface area (TPSA) is 102 Å². The Kier molecular flexibility index (Phi) is 4.86. The zero-order chi connectivity index (χ0) is 15.3. The van der Waals surface area contributed by atoms with Gasteiger partial charge in [0.25, 0.3) is 0 Å². The van der Waals surface area contributed by atoms with E-state index in [1.165, 1.54) is 17.1 Å². The molecule has 0 saturated carbocycles. The average Bonchev–Trinajstić information content (AvgIpc) is 2.89. The monoisotopic (exact) mass is 310 g/mol. The third-order valence-corrected chi connectivity index (χ3v) is 4.10. The highest BCUT2D eigenvalue weighted by molar-refractivity contribution is 7.89. The standard InChI is InChI=1S/C12H18N6O2S/c1-3-6-13-12-10(5-4-7-14-12)21(19,20)16-8-11-15-9-18(2)17-11/h4-5,7,9,16H,3,6,8H2,1-2H3,(H,13,14). The third-order valence-electron chi connectivity index (χ3n) is 2.67. The van der Waals surface area contributed by atoms with Crippen LogP contribution in [-0.4, -0.2) is 34.7 Å². The Balaban J connectivity index is 2.15. The molecule has 8 nitrogen and oxygen atoms in total. The van der Waals surface area contributed by atoms with Crippen LogP contribution in [0.25, 0.3) is 0 Å². The molecule has 0 bridgehead atoms. The van der Waals surface area contributed by atoms with Crippen LogP contribution in [0.2, 0.25) is 0 Å². The van der Waals surface area contributed by atoms with Crippen LogP contribution in [0.5, 0.6) is 0 Å². The largest absolute Gasteiger partial charge is 0.369 e. The first-order valence-electron chi connectivity index (χ1n) is 6.56. The van der Waals surface area contributed by atoms with Gasteiger partial charge < -0.3 is 5.32 Å². The van der Waals surface area contributed by atoms with Gasteiger partial charge >= 0.3 is 0 Å². The summed E-state index contributed by atoms with van der Waals surface area (Å²) in [5, 5.41) is 7.03. The van der Waals surface area contributed by atoms with Crippen molar-refractivity contribution in [3.8, 4) is 0 Å². The minimum Gasteiger partial charge on any atom is -0.369 e. The molecule has 0 unspecified atom stereocenters. The average molecular weight is 310 g/mol. The molecule has 0 aliphatic heterocycles. The SMILES string of the molecule is CCCNc1ncccc1S(=O)(=O)NCc1ncn(C)n1. The molecule has 0 spiro atoms. The fourth-order valence-corrected chi connectivity index (χ4v) is 2.80. The van der Waals surface area contributed by atoms with Crippen molar-refractivity contribution in [2.75, 3.05) is 11.9 Å². The van der Waals surface area contributed by atoms with Gasteiger partial charge in [0, 0.05) is 19.8 Å². The Hall–Kier alpha value is -2.00. The van der Waals surface area contributed by atoms with Crippen LogP contribution in [0.3, 0.4) is 0 Å². The van der Waals surface area contributed by atoms with Crippen LogP contribution < -0.4 is 10.0 Å². The van der Waals surface area contributed by atoms with E-state index in [4.69, 9.17) is 0 Å². The molecule has 0 saturated heterocycles. The summed E-state index contributed by atoms with van der Waals surface area (Å²) in [6, 6.07) is 3.10. The summed E-state index contributed by atoms with van der Waals surface area (Å²) < 4.78 is 28.7. The van der Waals surface area contributed by atoms with Crippen molar-refractivity contribution in [2.24, 2.45) is 7.05 Å². The van der Waals surface area contributed by atoms with Crippen molar-refractivity contribution in [3.63, 3.8) is 0 Å². The van der Waals surface area contributed by atoms with Crippen LogP contribution in [0.15, 0.2) is 29.6 Å². The number of hydrogen-bond acceptors (Lipinski definition) is 6. The number of nitrogens with zero attached hydrogens (tertiary/aromatic N) is 4. The molecule has 0 radical (unpaired) electrons. The third kappa shape index (κ3) is 3.99. The van der Waals surface area contributed by atoms with Crippen LogP contribution in [0, 0.1) is 0 Å². The molecule has 2 heterocycles. The number of rotatable bonds is 7. The first kappa shape index (κ1) is 15.4. The van der Waals surface area contributed by atoms with Crippen molar-refractivity contribution in [2.45, 2.75) is 24.8 Å². The van der Waals surface area contributed by atoms with Gasteiger partial charge in [-0.25, -0.2) is 23.1 Å². The summed E-state index contributed by atoms with van der Waals surface area (Å²) in [6.07, 6.45) is 3.95. The highest BCUT2D eigenvalue weighted by atomic mass is 32.2. The van der Waals surface area contributed by atoms with E-state index in [0.29, 0.717) is 18.2 Å². The van der Waals surface area contributed by atoms with E-state index in [2.05, 4.69) is 25.1 Å². The smallest absolute Gasteiger partial charge is 0.244 e. The van der Waals surface area contributed by atoms with Crippen LogP contribution in [0.4, 0.5) is 5.82 Å². The van der Waals surface area contributed by atoms with Crippen molar-refractivity contribution in [1.82, 2.24) is 24.5 Å². The molecule has 0 atom stereocenters. The van der Waals surface area contributed by atoms with Gasteiger partial charge in [0.2, 0.25) is 10.0 Å². The Morgan fingerprint density at radius 3 is 2.81 bits per heavy atom. The Morgan fingerprint density at radius 1 is 1.33 bits per heavy atom. The van der Waals surface area contributed by atoms with E-state index in [-0.39, 0.29) is 11.4 Å². The van der Waals surface area contributed by atoms with E-state index in [0.717, 1.165) is 6.42 Å². The second-order valence-corrected chi connectivity index (χ2v) is 6.17. The predicted molar refractivity (Wildman–Crippen MR) is 78.0 cm³/mol. The minimum atomic E-state index is -3.67. The van der Waals surface area contributed by atoms with Gasteiger partial charge in [0.1, 0.15) is 17.0 Å². The minimum absolute atomic E-state index is 0.0330. The van der Waals surface area contributed by atoms with E-state index in [1.54, 1.807) is 19.3 Å². The zero-order valence-corrected chi connectivity index (χ0v) is 12.8. The van der Waals surface area contributed by atoms with Crippen molar-refractivity contribution in [3.05, 3.63) is 30.5 Å². The van der Waals surface area contributed by atoms with Gasteiger partial charge in [-0.15, -0.1) is 0 Å². The van der Waals surface area contributed by atoms with Crippen molar-refractivity contribution < 1.29 is 8.42 Å². The first-order valence-corrected chi connectivity index (χ1v) is 8.04. The van der Waals surface area contributed by atoms with E-state index < -0.39 is 10.0 Å². The van der Waals surface area contributed by atoms with Crippen LogP contribution >= 0.6 is 0 Å². The molecule has 2 aromatic rings. The predicted octanol–water partition coefficient (Wildman–Crippen LogP) is 0.510. The maximum atomic E-state index is 12.3. The lowest BCUT2D eigenvalue weighted by Crippen LogP contribution is -2.25.